The molecule has 0 saturated carbocycles. The predicted octanol–water partition coefficient (Wildman–Crippen LogP) is 4.32. The van der Waals surface area contributed by atoms with Gasteiger partial charge in [0.2, 0.25) is 0 Å². The first-order chi connectivity index (χ1) is 9.43. The van der Waals surface area contributed by atoms with Gasteiger partial charge in [0.15, 0.2) is 0 Å². The lowest BCUT2D eigenvalue weighted by atomic mass is 9.93. The van der Waals surface area contributed by atoms with Crippen LogP contribution in [-0.2, 0) is 6.18 Å². The number of alkyl halides is 3. The number of halogens is 3. The molecule has 0 heterocycles. The van der Waals surface area contributed by atoms with Gasteiger partial charge in [0.1, 0.15) is 0 Å². The molecule has 0 aliphatic rings. The third kappa shape index (κ3) is 3.02. The van der Waals surface area contributed by atoms with Crippen molar-refractivity contribution in [2.45, 2.75) is 19.1 Å². The van der Waals surface area contributed by atoms with E-state index in [9.17, 15) is 13.2 Å². The van der Waals surface area contributed by atoms with Crippen molar-refractivity contribution in [3.63, 3.8) is 0 Å². The first kappa shape index (κ1) is 14.6. The van der Waals surface area contributed by atoms with E-state index in [0.717, 1.165) is 17.2 Å². The van der Waals surface area contributed by atoms with Crippen LogP contribution < -0.4 is 5.32 Å². The molecule has 0 aliphatic heterocycles. The first-order valence-corrected chi connectivity index (χ1v) is 6.33. The SMILES string of the molecule is CNC(c1cccc(C)c1)c1ccccc1C(F)(F)F. The molecule has 0 aromatic heterocycles. The molecule has 0 saturated heterocycles. The summed E-state index contributed by atoms with van der Waals surface area (Å²) in [5.74, 6) is 0. The molecule has 0 aliphatic carbocycles. The van der Waals surface area contributed by atoms with Gasteiger partial charge in [-0.15, -0.1) is 0 Å². The minimum absolute atomic E-state index is 0.244. The van der Waals surface area contributed by atoms with Crippen LogP contribution in [-0.4, -0.2) is 7.05 Å². The van der Waals surface area contributed by atoms with Gasteiger partial charge in [-0.3, -0.25) is 0 Å². The maximum atomic E-state index is 13.1. The fourth-order valence-corrected chi connectivity index (χ4v) is 2.36. The van der Waals surface area contributed by atoms with E-state index >= 15 is 0 Å². The maximum Gasteiger partial charge on any atom is 0.416 e. The molecule has 1 nitrogen and oxygen atoms in total. The highest BCUT2D eigenvalue weighted by molar-refractivity contribution is 5.39. The second kappa shape index (κ2) is 5.67. The third-order valence-electron chi connectivity index (χ3n) is 3.24. The Kier molecular flexibility index (Phi) is 4.14. The van der Waals surface area contributed by atoms with Crippen molar-refractivity contribution < 1.29 is 13.2 Å². The zero-order chi connectivity index (χ0) is 14.8. The van der Waals surface area contributed by atoms with E-state index < -0.39 is 17.8 Å². The summed E-state index contributed by atoms with van der Waals surface area (Å²) in [5, 5.41) is 2.97. The van der Waals surface area contributed by atoms with E-state index in [0.29, 0.717) is 0 Å². The highest BCUT2D eigenvalue weighted by Gasteiger charge is 2.34. The lowest BCUT2D eigenvalue weighted by Gasteiger charge is -2.22. The van der Waals surface area contributed by atoms with Crippen molar-refractivity contribution >= 4 is 0 Å². The molecular formula is C16H16F3N. The van der Waals surface area contributed by atoms with Gasteiger partial charge in [0.25, 0.3) is 0 Å². The molecule has 106 valence electrons. The Morgan fingerprint density at radius 2 is 1.70 bits per heavy atom. The van der Waals surface area contributed by atoms with Gasteiger partial charge >= 0.3 is 6.18 Å². The van der Waals surface area contributed by atoms with Crippen LogP contribution in [0.2, 0.25) is 0 Å². The van der Waals surface area contributed by atoms with Gasteiger partial charge in [0, 0.05) is 0 Å². The van der Waals surface area contributed by atoms with E-state index in [1.807, 2.05) is 31.2 Å². The van der Waals surface area contributed by atoms with Gasteiger partial charge in [-0.2, -0.15) is 13.2 Å². The standard InChI is InChI=1S/C16H16F3N/c1-11-6-5-7-12(10-11)15(20-2)13-8-3-4-9-14(13)16(17,18)19/h3-10,15,20H,1-2H3. The van der Waals surface area contributed by atoms with E-state index in [1.54, 1.807) is 13.1 Å². The molecule has 2 aromatic carbocycles. The number of aryl methyl sites for hydroxylation is 1. The average Bonchev–Trinajstić information content (AvgIpc) is 2.39. The van der Waals surface area contributed by atoms with Crippen LogP contribution in [0.1, 0.15) is 28.3 Å². The monoisotopic (exact) mass is 279 g/mol. The van der Waals surface area contributed by atoms with E-state index in [1.165, 1.54) is 12.1 Å². The Morgan fingerprint density at radius 1 is 1.00 bits per heavy atom. The van der Waals surface area contributed by atoms with Crippen molar-refractivity contribution in [3.8, 4) is 0 Å². The van der Waals surface area contributed by atoms with E-state index in [4.69, 9.17) is 0 Å². The van der Waals surface area contributed by atoms with Crippen molar-refractivity contribution in [2.75, 3.05) is 7.05 Å². The molecule has 2 rings (SSSR count). The van der Waals surface area contributed by atoms with Crippen LogP contribution in [0.15, 0.2) is 48.5 Å². The van der Waals surface area contributed by atoms with Crippen LogP contribution in [0.3, 0.4) is 0 Å². The largest absolute Gasteiger partial charge is 0.416 e. The summed E-state index contributed by atoms with van der Waals surface area (Å²) in [6.45, 7) is 1.92. The predicted molar refractivity (Wildman–Crippen MR) is 73.5 cm³/mol. The van der Waals surface area contributed by atoms with Gasteiger partial charge in [0.05, 0.1) is 11.6 Å². The Hall–Kier alpha value is -1.81. The maximum absolute atomic E-state index is 13.1. The van der Waals surface area contributed by atoms with E-state index in [2.05, 4.69) is 5.32 Å². The lowest BCUT2D eigenvalue weighted by molar-refractivity contribution is -0.138. The summed E-state index contributed by atoms with van der Waals surface area (Å²) < 4.78 is 39.3. The molecule has 1 atom stereocenters. The van der Waals surface area contributed by atoms with Gasteiger partial charge in [-0.05, 0) is 31.2 Å². The van der Waals surface area contributed by atoms with Crippen molar-refractivity contribution in [1.29, 1.82) is 0 Å². The van der Waals surface area contributed by atoms with E-state index in [-0.39, 0.29) is 5.56 Å². The zero-order valence-electron chi connectivity index (χ0n) is 11.3. The molecule has 0 spiro atoms. The Morgan fingerprint density at radius 3 is 2.30 bits per heavy atom. The summed E-state index contributed by atoms with van der Waals surface area (Å²) in [6.07, 6.45) is -4.35. The smallest absolute Gasteiger partial charge is 0.309 e. The third-order valence-corrected chi connectivity index (χ3v) is 3.24. The van der Waals surface area contributed by atoms with Crippen LogP contribution in [0.5, 0.6) is 0 Å². The fourth-order valence-electron chi connectivity index (χ4n) is 2.36. The first-order valence-electron chi connectivity index (χ1n) is 6.33. The van der Waals surface area contributed by atoms with Gasteiger partial charge < -0.3 is 5.32 Å². The molecule has 0 amide bonds. The second-order valence-electron chi connectivity index (χ2n) is 4.72. The number of rotatable bonds is 3. The fraction of sp³-hybridized carbons (Fsp3) is 0.250. The number of hydrogen-bond donors (Lipinski definition) is 1. The quantitative estimate of drug-likeness (QED) is 0.882. The summed E-state index contributed by atoms with van der Waals surface area (Å²) >= 11 is 0. The number of benzene rings is 2. The van der Waals surface area contributed by atoms with Crippen LogP contribution in [0.25, 0.3) is 0 Å². The molecule has 0 fully saturated rings. The average molecular weight is 279 g/mol. The van der Waals surface area contributed by atoms with Gasteiger partial charge in [-0.25, -0.2) is 0 Å². The normalized spacial score (nSPS) is 13.2. The lowest BCUT2D eigenvalue weighted by Crippen LogP contribution is -2.22. The molecular weight excluding hydrogens is 263 g/mol. The number of nitrogens with one attached hydrogen (secondary N) is 1. The molecule has 0 bridgehead atoms. The topological polar surface area (TPSA) is 12.0 Å². The van der Waals surface area contributed by atoms with Crippen molar-refractivity contribution in [3.05, 3.63) is 70.8 Å². The zero-order valence-corrected chi connectivity index (χ0v) is 11.3. The minimum atomic E-state index is -4.35. The summed E-state index contributed by atoms with van der Waals surface area (Å²) in [4.78, 5) is 0. The van der Waals surface area contributed by atoms with Crippen LogP contribution in [0.4, 0.5) is 13.2 Å². The molecule has 4 heteroatoms. The van der Waals surface area contributed by atoms with Crippen molar-refractivity contribution in [2.24, 2.45) is 0 Å². The van der Waals surface area contributed by atoms with Crippen LogP contribution >= 0.6 is 0 Å². The molecule has 20 heavy (non-hydrogen) atoms. The molecule has 1 N–H and O–H groups in total. The summed E-state index contributed by atoms with van der Waals surface area (Å²) in [6, 6.07) is 12.7. The number of hydrogen-bond acceptors (Lipinski definition) is 1. The highest BCUT2D eigenvalue weighted by atomic mass is 19.4. The van der Waals surface area contributed by atoms with Gasteiger partial charge in [-0.1, -0.05) is 48.0 Å². The Balaban J connectivity index is 2.53. The minimum Gasteiger partial charge on any atom is -0.309 e. The van der Waals surface area contributed by atoms with Crippen molar-refractivity contribution in [1.82, 2.24) is 5.32 Å². The highest BCUT2D eigenvalue weighted by Crippen LogP contribution is 2.36. The summed E-state index contributed by atoms with van der Waals surface area (Å²) in [7, 11) is 1.67. The molecule has 1 unspecified atom stereocenters. The Bertz CT molecular complexity index is 590. The summed E-state index contributed by atoms with van der Waals surface area (Å²) in [5.41, 5.74) is 1.49. The Labute approximate surface area is 116 Å². The second-order valence-corrected chi connectivity index (χ2v) is 4.72. The van der Waals surface area contributed by atoms with Crippen LogP contribution in [0, 0.1) is 6.92 Å². The molecule has 0 radical (unpaired) electrons. The molecule has 2 aromatic rings.